The van der Waals surface area contributed by atoms with Gasteiger partial charge in [0.25, 0.3) is 0 Å². The lowest BCUT2D eigenvalue weighted by molar-refractivity contribution is -0.169. The second-order valence-electron chi connectivity index (χ2n) is 3.02. The highest BCUT2D eigenvalue weighted by atomic mass is 35.5. The van der Waals surface area contributed by atoms with Crippen molar-refractivity contribution in [3.63, 3.8) is 0 Å². The summed E-state index contributed by atoms with van der Waals surface area (Å²) in [6.45, 7) is 0. The smallest absolute Gasteiger partial charge is 0.448 e. The predicted molar refractivity (Wildman–Crippen MR) is 51.4 cm³/mol. The topological polar surface area (TPSA) is 164 Å². The molecule has 0 fully saturated rings. The van der Waals surface area contributed by atoms with Crippen molar-refractivity contribution in [2.24, 2.45) is 0 Å². The first-order valence-corrected chi connectivity index (χ1v) is 5.64. The van der Waals surface area contributed by atoms with Crippen molar-refractivity contribution >= 4 is 40.2 Å². The Hall–Kier alpha value is -1.43. The van der Waals surface area contributed by atoms with Gasteiger partial charge in [0.15, 0.2) is 5.60 Å². The van der Waals surface area contributed by atoms with E-state index in [0.717, 1.165) is 0 Å². The largest absolute Gasteiger partial charge is 0.479 e. The number of halogens is 1. The summed E-state index contributed by atoms with van der Waals surface area (Å²) in [5.74, 6) is -5.18. The molecule has 1 unspecified atom stereocenters. The van der Waals surface area contributed by atoms with Crippen molar-refractivity contribution < 1.29 is 46.0 Å². The number of carbonyl (C=O) groups excluding carboxylic acids is 2. The molecule has 18 heavy (non-hydrogen) atoms. The fraction of sp³-hybridized carbons (Fsp3) is 0.500. The van der Waals surface area contributed by atoms with Crippen LogP contribution in [0.2, 0.25) is 0 Å². The van der Waals surface area contributed by atoms with Crippen LogP contribution < -0.4 is 0 Å². The van der Waals surface area contributed by atoms with Crippen LogP contribution >= 0.6 is 11.9 Å². The van der Waals surface area contributed by atoms with Gasteiger partial charge in [-0.1, -0.05) is 0 Å². The molecule has 1 atom stereocenters. The normalized spacial score (nSPS) is 14.4. The molecule has 0 aliphatic carbocycles. The molecule has 0 rings (SSSR count). The highest BCUT2D eigenvalue weighted by Crippen LogP contribution is 2.18. The summed E-state index contributed by atoms with van der Waals surface area (Å²) in [5.41, 5.74) is -2.98. The zero-order chi connectivity index (χ0) is 14.6. The number of aliphatic hydroxyl groups is 1. The molecule has 0 radical (unpaired) electrons. The van der Waals surface area contributed by atoms with Gasteiger partial charge in [-0.15, -0.1) is 0 Å². The molecule has 0 saturated heterocycles. The molecule has 104 valence electrons. The maximum atomic E-state index is 10.9. The highest BCUT2D eigenvalue weighted by Gasteiger charge is 2.42. The lowest BCUT2D eigenvalue weighted by atomic mass is 9.96. The van der Waals surface area contributed by atoms with Gasteiger partial charge in [-0.2, -0.15) is 8.42 Å². The van der Waals surface area contributed by atoms with Crippen LogP contribution in [-0.2, 0) is 33.3 Å². The Bertz CT molecular complexity index is 455. The predicted octanol–water partition coefficient (Wildman–Crippen LogP) is -1.37. The first-order chi connectivity index (χ1) is 8.00. The van der Waals surface area contributed by atoms with Crippen LogP contribution in [0.5, 0.6) is 0 Å². The van der Waals surface area contributed by atoms with Gasteiger partial charge in [-0.25, -0.2) is 4.79 Å². The zero-order valence-corrected chi connectivity index (χ0v) is 9.97. The molecule has 0 aromatic rings. The Morgan fingerprint density at radius 2 is 1.61 bits per heavy atom. The highest BCUT2D eigenvalue weighted by molar-refractivity contribution is 7.81. The van der Waals surface area contributed by atoms with Crippen molar-refractivity contribution in [1.82, 2.24) is 0 Å². The van der Waals surface area contributed by atoms with Gasteiger partial charge in [-0.3, -0.25) is 14.1 Å². The van der Waals surface area contributed by atoms with Crippen LogP contribution in [0.4, 0.5) is 0 Å². The molecule has 0 saturated carbocycles. The molecule has 0 aliphatic rings. The summed E-state index contributed by atoms with van der Waals surface area (Å²) in [6, 6.07) is 0. The molecular weight excluding hydrogens is 300 g/mol. The van der Waals surface area contributed by atoms with E-state index in [0.29, 0.717) is 0 Å². The molecular formula is C6H7ClO10S. The third-order valence-electron chi connectivity index (χ3n) is 1.56. The summed E-state index contributed by atoms with van der Waals surface area (Å²) in [5, 5.41) is 18.0. The monoisotopic (exact) mass is 306 g/mol. The van der Waals surface area contributed by atoms with E-state index in [2.05, 4.69) is 20.3 Å². The van der Waals surface area contributed by atoms with Crippen molar-refractivity contribution in [2.75, 3.05) is 0 Å². The first-order valence-electron chi connectivity index (χ1n) is 3.97. The zero-order valence-electron chi connectivity index (χ0n) is 8.40. The van der Waals surface area contributed by atoms with Crippen molar-refractivity contribution in [2.45, 2.75) is 18.4 Å². The van der Waals surface area contributed by atoms with Crippen LogP contribution in [0.15, 0.2) is 0 Å². The summed E-state index contributed by atoms with van der Waals surface area (Å²) >= 11 is 4.60. The van der Waals surface area contributed by atoms with Gasteiger partial charge < -0.3 is 18.7 Å². The van der Waals surface area contributed by atoms with Crippen molar-refractivity contribution in [1.29, 1.82) is 0 Å². The van der Waals surface area contributed by atoms with E-state index in [1.807, 2.05) is 0 Å². The van der Waals surface area contributed by atoms with Crippen LogP contribution in [0.3, 0.4) is 0 Å². The average molecular weight is 307 g/mol. The van der Waals surface area contributed by atoms with E-state index >= 15 is 0 Å². The maximum Gasteiger partial charge on any atom is 0.448 e. The fourth-order valence-electron chi connectivity index (χ4n) is 0.865. The molecule has 0 aromatic carbocycles. The summed E-state index contributed by atoms with van der Waals surface area (Å²) in [7, 11) is -5.15. The molecule has 0 aromatic heterocycles. The maximum absolute atomic E-state index is 10.9. The molecule has 0 bridgehead atoms. The van der Waals surface area contributed by atoms with Crippen LogP contribution in [0, 0.1) is 0 Å². The minimum absolute atomic E-state index is 1.23. The van der Waals surface area contributed by atoms with Gasteiger partial charge in [0.1, 0.15) is 11.9 Å². The molecule has 12 heteroatoms. The lowest BCUT2D eigenvalue weighted by Gasteiger charge is -2.19. The Morgan fingerprint density at radius 1 is 1.17 bits per heavy atom. The van der Waals surface area contributed by atoms with Gasteiger partial charge in [-0.05, 0) is 0 Å². The Kier molecular flexibility index (Phi) is 5.48. The lowest BCUT2D eigenvalue weighted by Crippen LogP contribution is -2.43. The molecule has 3 N–H and O–H groups in total. The minimum atomic E-state index is -5.15. The molecule has 0 heterocycles. The molecule has 0 aliphatic heterocycles. The van der Waals surface area contributed by atoms with E-state index in [4.69, 9.17) is 9.66 Å². The van der Waals surface area contributed by atoms with Crippen molar-refractivity contribution in [3.8, 4) is 0 Å². The van der Waals surface area contributed by atoms with Gasteiger partial charge in [0.2, 0.25) is 0 Å². The van der Waals surface area contributed by atoms with E-state index in [1.54, 1.807) is 0 Å². The van der Waals surface area contributed by atoms with Crippen LogP contribution in [0.1, 0.15) is 12.8 Å². The van der Waals surface area contributed by atoms with Gasteiger partial charge in [0.05, 0.1) is 12.8 Å². The third-order valence-corrected chi connectivity index (χ3v) is 2.12. The number of hydrogen-bond donors (Lipinski definition) is 3. The number of aliphatic carboxylic acids is 1. The van der Waals surface area contributed by atoms with E-state index in [1.165, 1.54) is 0 Å². The van der Waals surface area contributed by atoms with Gasteiger partial charge >= 0.3 is 28.3 Å². The number of carboxylic acid groups (broad SMARTS) is 1. The van der Waals surface area contributed by atoms with Crippen molar-refractivity contribution in [3.05, 3.63) is 0 Å². The molecule has 10 nitrogen and oxygen atoms in total. The second kappa shape index (κ2) is 5.95. The van der Waals surface area contributed by atoms with E-state index in [9.17, 15) is 27.9 Å². The van der Waals surface area contributed by atoms with E-state index in [-0.39, 0.29) is 0 Å². The Morgan fingerprint density at radius 3 is 1.94 bits per heavy atom. The van der Waals surface area contributed by atoms with E-state index < -0.39 is 46.7 Å². The Balaban J connectivity index is 4.88. The number of rotatable bonds is 6. The quantitative estimate of drug-likeness (QED) is 0.498. The molecule has 0 spiro atoms. The number of carboxylic acids is 1. The molecule has 0 amide bonds. The Labute approximate surface area is 105 Å². The number of carbonyl (C=O) groups is 3. The SMILES string of the molecule is O=C(CC(O)(CC(=O)OS(=O)(=O)O)C(=O)O)OCl. The van der Waals surface area contributed by atoms with Crippen LogP contribution in [0.25, 0.3) is 0 Å². The number of hydrogen-bond acceptors (Lipinski definition) is 8. The standard InChI is InChI=1S/C6H7ClO10S/c7-16-3(8)1-6(12,5(10)11)2-4(9)17-18(13,14)15/h12H,1-2H2,(H,10,11)(H,13,14,15). The first kappa shape index (κ1) is 16.6. The minimum Gasteiger partial charge on any atom is -0.479 e. The second-order valence-corrected chi connectivity index (χ2v) is 4.20. The summed E-state index contributed by atoms with van der Waals surface area (Å²) < 4.78 is 35.4. The summed E-state index contributed by atoms with van der Waals surface area (Å²) in [6.07, 6.45) is -2.65. The van der Waals surface area contributed by atoms with Crippen LogP contribution in [-0.4, -0.2) is 46.7 Å². The average Bonchev–Trinajstić information content (AvgIpc) is 2.13. The fourth-order valence-corrected chi connectivity index (χ4v) is 1.21. The summed E-state index contributed by atoms with van der Waals surface area (Å²) in [4.78, 5) is 32.2. The third kappa shape index (κ3) is 5.77. The van der Waals surface area contributed by atoms with Gasteiger partial charge in [0, 0.05) is 0 Å².